The molecule has 1 aliphatic rings. The molecular formula is C22H40N6O9. The molecule has 1 saturated heterocycles. The van der Waals surface area contributed by atoms with E-state index >= 15 is 0 Å². The van der Waals surface area contributed by atoms with Crippen molar-refractivity contribution < 1.29 is 44.4 Å². The molecule has 0 spiro atoms. The van der Waals surface area contributed by atoms with E-state index in [2.05, 4.69) is 5.32 Å². The van der Waals surface area contributed by atoms with Gasteiger partial charge in [-0.25, -0.2) is 0 Å². The Morgan fingerprint density at radius 3 is 1.30 bits per heavy atom. The average molecular weight is 533 g/mol. The molecule has 1 atom stereocenters. The molecule has 15 heteroatoms. The second-order valence-corrected chi connectivity index (χ2v) is 9.08. The van der Waals surface area contributed by atoms with E-state index in [1.807, 2.05) is 4.90 Å². The summed E-state index contributed by atoms with van der Waals surface area (Å²) in [7, 11) is 0. The van der Waals surface area contributed by atoms with E-state index in [1.165, 1.54) is 0 Å². The molecule has 0 aliphatic carbocycles. The molecule has 1 heterocycles. The first kappa shape index (κ1) is 32.2. The molecule has 0 bridgehead atoms. The van der Waals surface area contributed by atoms with E-state index in [0.29, 0.717) is 78.2 Å². The normalized spacial score (nSPS) is 18.3. The van der Waals surface area contributed by atoms with Gasteiger partial charge in [-0.15, -0.1) is 0 Å². The minimum atomic E-state index is -1.07. The minimum absolute atomic E-state index is 0.0294. The van der Waals surface area contributed by atoms with E-state index in [-0.39, 0.29) is 32.1 Å². The van der Waals surface area contributed by atoms with Crippen LogP contribution in [0.25, 0.3) is 0 Å². The summed E-state index contributed by atoms with van der Waals surface area (Å²) >= 11 is 0. The molecule has 0 unspecified atom stereocenters. The number of hydrogen-bond donors (Lipinski definition) is 6. The van der Waals surface area contributed by atoms with E-state index in [9.17, 15) is 39.3 Å². The first-order valence-corrected chi connectivity index (χ1v) is 12.3. The van der Waals surface area contributed by atoms with Crippen LogP contribution >= 0.6 is 0 Å². The molecule has 1 aliphatic heterocycles. The van der Waals surface area contributed by atoms with Gasteiger partial charge in [-0.3, -0.25) is 43.6 Å². The number of rotatable bonds is 14. The van der Waals surface area contributed by atoms with Crippen LogP contribution in [0.5, 0.6) is 0 Å². The predicted octanol–water partition coefficient (Wildman–Crippen LogP) is -2.84. The van der Waals surface area contributed by atoms with Gasteiger partial charge in [-0.1, -0.05) is 0 Å². The van der Waals surface area contributed by atoms with Crippen molar-refractivity contribution in [3.63, 3.8) is 0 Å². The SMILES string of the molecule is N[C@H](CCCCNC(=O)CN1CCN(CC(=O)O)CCN(CC(=O)O)CCN(CC(=O)O)CC1)C(=O)O. The molecule has 1 rings (SSSR count). The monoisotopic (exact) mass is 532 g/mol. The predicted molar refractivity (Wildman–Crippen MR) is 131 cm³/mol. The number of carboxylic acids is 4. The van der Waals surface area contributed by atoms with Gasteiger partial charge in [0.05, 0.1) is 26.2 Å². The molecule has 0 radical (unpaired) electrons. The third kappa shape index (κ3) is 15.8. The number of carbonyl (C=O) groups is 5. The Balaban J connectivity index is 2.77. The van der Waals surface area contributed by atoms with Crippen molar-refractivity contribution in [1.29, 1.82) is 0 Å². The van der Waals surface area contributed by atoms with E-state index < -0.39 is 29.9 Å². The van der Waals surface area contributed by atoms with E-state index in [4.69, 9.17) is 10.8 Å². The Bertz CT molecular complexity index is 737. The largest absolute Gasteiger partial charge is 0.480 e. The molecule has 1 amide bonds. The highest BCUT2D eigenvalue weighted by Crippen LogP contribution is 2.02. The number of unbranched alkanes of at least 4 members (excludes halogenated alkanes) is 1. The fraction of sp³-hybridized carbons (Fsp3) is 0.773. The van der Waals surface area contributed by atoms with Crippen LogP contribution in [0.1, 0.15) is 19.3 Å². The zero-order chi connectivity index (χ0) is 27.8. The van der Waals surface area contributed by atoms with Gasteiger partial charge in [0.1, 0.15) is 6.04 Å². The van der Waals surface area contributed by atoms with Crippen molar-refractivity contribution in [3.8, 4) is 0 Å². The van der Waals surface area contributed by atoms with Crippen molar-refractivity contribution in [2.45, 2.75) is 25.3 Å². The van der Waals surface area contributed by atoms with Crippen LogP contribution in [0.15, 0.2) is 0 Å². The molecule has 15 nitrogen and oxygen atoms in total. The van der Waals surface area contributed by atoms with Crippen LogP contribution < -0.4 is 11.1 Å². The lowest BCUT2D eigenvalue weighted by atomic mass is 10.1. The Kier molecular flexibility index (Phi) is 15.3. The van der Waals surface area contributed by atoms with Gasteiger partial charge >= 0.3 is 23.9 Å². The average Bonchev–Trinajstić information content (AvgIpc) is 2.79. The Morgan fingerprint density at radius 1 is 0.622 bits per heavy atom. The molecule has 7 N–H and O–H groups in total. The highest BCUT2D eigenvalue weighted by atomic mass is 16.4. The first-order chi connectivity index (χ1) is 17.5. The summed E-state index contributed by atoms with van der Waals surface area (Å²) in [5.41, 5.74) is 5.46. The number of nitrogens with one attached hydrogen (secondary N) is 1. The van der Waals surface area contributed by atoms with Gasteiger partial charge in [-0.05, 0) is 19.3 Å². The highest BCUT2D eigenvalue weighted by Gasteiger charge is 2.21. The number of carbonyl (C=O) groups excluding carboxylic acids is 1. The van der Waals surface area contributed by atoms with Gasteiger partial charge < -0.3 is 31.5 Å². The van der Waals surface area contributed by atoms with Crippen LogP contribution in [-0.2, 0) is 24.0 Å². The number of nitrogens with two attached hydrogens (primary N) is 1. The van der Waals surface area contributed by atoms with E-state index in [1.54, 1.807) is 14.7 Å². The topological polar surface area (TPSA) is 217 Å². The third-order valence-corrected chi connectivity index (χ3v) is 5.95. The molecule has 0 aromatic carbocycles. The lowest BCUT2D eigenvalue weighted by molar-refractivity contribution is -0.140. The number of hydrogen-bond acceptors (Lipinski definition) is 10. The summed E-state index contributed by atoms with van der Waals surface area (Å²) < 4.78 is 0. The lowest BCUT2D eigenvalue weighted by Crippen LogP contribution is -2.49. The fourth-order valence-electron chi connectivity index (χ4n) is 3.88. The van der Waals surface area contributed by atoms with Gasteiger partial charge in [0, 0.05) is 58.9 Å². The van der Waals surface area contributed by atoms with Crippen LogP contribution in [0.3, 0.4) is 0 Å². The molecular weight excluding hydrogens is 492 g/mol. The second-order valence-electron chi connectivity index (χ2n) is 9.08. The van der Waals surface area contributed by atoms with Crippen molar-refractivity contribution in [3.05, 3.63) is 0 Å². The molecule has 0 aromatic rings. The van der Waals surface area contributed by atoms with Crippen LogP contribution in [-0.4, -0.2) is 161 Å². The van der Waals surface area contributed by atoms with Gasteiger partial charge in [0.15, 0.2) is 0 Å². The number of amides is 1. The van der Waals surface area contributed by atoms with Crippen LogP contribution in [0, 0.1) is 0 Å². The molecule has 1 fully saturated rings. The molecule has 37 heavy (non-hydrogen) atoms. The Morgan fingerprint density at radius 2 is 0.973 bits per heavy atom. The van der Waals surface area contributed by atoms with Crippen molar-refractivity contribution in [2.24, 2.45) is 5.73 Å². The lowest BCUT2D eigenvalue weighted by Gasteiger charge is -2.32. The summed E-state index contributed by atoms with van der Waals surface area (Å²) in [6.45, 7) is 2.25. The smallest absolute Gasteiger partial charge is 0.320 e. The van der Waals surface area contributed by atoms with Gasteiger partial charge in [0.25, 0.3) is 0 Å². The summed E-state index contributed by atoms with van der Waals surface area (Å²) in [6, 6.07) is -0.934. The minimum Gasteiger partial charge on any atom is -0.480 e. The summed E-state index contributed by atoms with van der Waals surface area (Å²) in [6.07, 6.45) is 1.42. The van der Waals surface area contributed by atoms with Crippen molar-refractivity contribution in [1.82, 2.24) is 24.9 Å². The summed E-state index contributed by atoms with van der Waals surface area (Å²) in [4.78, 5) is 64.0. The third-order valence-electron chi connectivity index (χ3n) is 5.95. The van der Waals surface area contributed by atoms with Gasteiger partial charge in [-0.2, -0.15) is 0 Å². The second kappa shape index (κ2) is 17.6. The van der Waals surface area contributed by atoms with Crippen LogP contribution in [0.4, 0.5) is 0 Å². The maximum Gasteiger partial charge on any atom is 0.320 e. The zero-order valence-corrected chi connectivity index (χ0v) is 21.1. The Hall–Kier alpha value is -2.85. The number of nitrogens with zero attached hydrogens (tertiary/aromatic N) is 4. The van der Waals surface area contributed by atoms with Gasteiger partial charge in [0.2, 0.25) is 5.91 Å². The van der Waals surface area contributed by atoms with Crippen molar-refractivity contribution >= 4 is 29.8 Å². The molecule has 212 valence electrons. The summed E-state index contributed by atoms with van der Waals surface area (Å²) in [5, 5.41) is 39.3. The standard InChI is InChI=1S/C22H40N6O9/c23-17(22(36)37)3-1-2-4-24-18(29)13-25-5-7-26(14-19(30)31)9-11-28(16-21(34)35)12-10-27(8-6-25)15-20(32)33/h17H,1-16,23H2,(H,24,29)(H,30,31)(H,32,33)(H,34,35)(H,36,37)/t17-/m1/s1. The number of aliphatic carboxylic acids is 4. The fourth-order valence-corrected chi connectivity index (χ4v) is 3.88. The highest BCUT2D eigenvalue weighted by molar-refractivity contribution is 5.78. The van der Waals surface area contributed by atoms with Crippen LogP contribution in [0.2, 0.25) is 0 Å². The Labute approximate surface area is 215 Å². The van der Waals surface area contributed by atoms with Crippen molar-refractivity contribution in [2.75, 3.05) is 85.1 Å². The quantitative estimate of drug-likeness (QED) is 0.124. The number of carboxylic acid groups (broad SMARTS) is 4. The summed E-state index contributed by atoms with van der Waals surface area (Å²) in [5.74, 6) is -4.38. The molecule has 0 saturated carbocycles. The maximum absolute atomic E-state index is 12.5. The molecule has 0 aromatic heterocycles. The zero-order valence-electron chi connectivity index (χ0n) is 21.1. The first-order valence-electron chi connectivity index (χ1n) is 12.3. The maximum atomic E-state index is 12.5. The van der Waals surface area contributed by atoms with E-state index in [0.717, 1.165) is 0 Å².